The zero-order valence-electron chi connectivity index (χ0n) is 11.5. The summed E-state index contributed by atoms with van der Waals surface area (Å²) < 4.78 is 11.0. The number of benzene rings is 1. The smallest absolute Gasteiger partial charge is 0.260 e. The summed E-state index contributed by atoms with van der Waals surface area (Å²) in [6, 6.07) is 9.20. The lowest BCUT2D eigenvalue weighted by Gasteiger charge is -2.27. The van der Waals surface area contributed by atoms with Crippen LogP contribution in [0.3, 0.4) is 0 Å². The molecule has 0 bridgehead atoms. The number of amides is 1. The number of nitriles is 1. The first-order chi connectivity index (χ1) is 10.3. The molecule has 1 aromatic heterocycles. The second kappa shape index (κ2) is 5.85. The van der Waals surface area contributed by atoms with Crippen molar-refractivity contribution in [2.75, 3.05) is 32.8 Å². The maximum absolute atomic E-state index is 12.1. The molecule has 6 heteroatoms. The van der Waals surface area contributed by atoms with Gasteiger partial charge in [-0.05, 0) is 12.1 Å². The van der Waals surface area contributed by atoms with Gasteiger partial charge in [0.05, 0.1) is 5.39 Å². The van der Waals surface area contributed by atoms with Crippen molar-refractivity contribution < 1.29 is 13.9 Å². The van der Waals surface area contributed by atoms with E-state index >= 15 is 0 Å². The average Bonchev–Trinajstić information content (AvgIpc) is 2.91. The fourth-order valence-corrected chi connectivity index (χ4v) is 2.38. The predicted octanol–water partition coefficient (Wildman–Crippen LogP) is 1.12. The average molecular weight is 285 g/mol. The Hall–Kier alpha value is -2.52. The molecule has 0 radical (unpaired) electrons. The molecule has 1 saturated heterocycles. The van der Waals surface area contributed by atoms with Crippen LogP contribution in [0.15, 0.2) is 28.7 Å². The monoisotopic (exact) mass is 285 g/mol. The molecule has 0 unspecified atom stereocenters. The first kappa shape index (κ1) is 13.5. The van der Waals surface area contributed by atoms with Gasteiger partial charge in [-0.2, -0.15) is 5.26 Å². The molecule has 1 aliphatic heterocycles. The van der Waals surface area contributed by atoms with E-state index in [0.29, 0.717) is 29.8 Å². The fraction of sp³-hybridized carbons (Fsp3) is 0.333. The molecule has 3 rings (SSSR count). The number of fused-ring (bicyclic) bond motifs is 1. The Bertz CT molecular complexity index is 696. The van der Waals surface area contributed by atoms with Crippen LogP contribution in [0.5, 0.6) is 5.75 Å². The summed E-state index contributed by atoms with van der Waals surface area (Å²) in [6.45, 7) is 2.87. The third kappa shape index (κ3) is 2.69. The highest BCUT2D eigenvalue weighted by Crippen LogP contribution is 2.32. The van der Waals surface area contributed by atoms with Crippen LogP contribution >= 0.6 is 0 Å². The fourth-order valence-electron chi connectivity index (χ4n) is 2.38. The zero-order chi connectivity index (χ0) is 14.7. The predicted molar refractivity (Wildman–Crippen MR) is 75.9 cm³/mol. The van der Waals surface area contributed by atoms with E-state index in [0.717, 1.165) is 13.1 Å². The number of carbonyl (C=O) groups excluding carboxylic acids is 1. The van der Waals surface area contributed by atoms with Crippen molar-refractivity contribution in [3.05, 3.63) is 30.0 Å². The summed E-state index contributed by atoms with van der Waals surface area (Å²) in [5.74, 6) is 0.367. The van der Waals surface area contributed by atoms with Gasteiger partial charge in [0.1, 0.15) is 11.7 Å². The van der Waals surface area contributed by atoms with Crippen LogP contribution in [0.2, 0.25) is 0 Å². The Balaban J connectivity index is 1.75. The van der Waals surface area contributed by atoms with E-state index in [2.05, 4.69) is 5.32 Å². The molecule has 6 nitrogen and oxygen atoms in total. The summed E-state index contributed by atoms with van der Waals surface area (Å²) in [6.07, 6.45) is 0. The molecule has 1 amide bonds. The molecule has 1 aliphatic rings. The number of carbonyl (C=O) groups is 1. The molecule has 21 heavy (non-hydrogen) atoms. The van der Waals surface area contributed by atoms with Crippen molar-refractivity contribution >= 4 is 16.9 Å². The van der Waals surface area contributed by atoms with Crippen molar-refractivity contribution in [3.63, 3.8) is 0 Å². The summed E-state index contributed by atoms with van der Waals surface area (Å²) in [7, 11) is 0. The van der Waals surface area contributed by atoms with Crippen molar-refractivity contribution in [1.29, 1.82) is 5.26 Å². The highest BCUT2D eigenvalue weighted by molar-refractivity contribution is 5.87. The van der Waals surface area contributed by atoms with Gasteiger partial charge in [0.25, 0.3) is 5.91 Å². The lowest BCUT2D eigenvalue weighted by atomic mass is 10.2. The van der Waals surface area contributed by atoms with Gasteiger partial charge in [-0.3, -0.25) is 4.79 Å². The van der Waals surface area contributed by atoms with Gasteiger partial charge in [0.2, 0.25) is 5.76 Å². The minimum atomic E-state index is -0.0851. The number of ether oxygens (including phenoxy) is 1. The van der Waals surface area contributed by atoms with Gasteiger partial charge in [0, 0.05) is 26.2 Å². The molecule has 1 N–H and O–H groups in total. The lowest BCUT2D eigenvalue weighted by Crippen LogP contribution is -2.47. The van der Waals surface area contributed by atoms with Crippen molar-refractivity contribution in [3.8, 4) is 11.8 Å². The molecule has 2 heterocycles. The number of hydrogen-bond donors (Lipinski definition) is 1. The SMILES string of the molecule is N#Cc1oc2ccccc2c1OCC(=O)N1CCNCC1. The van der Waals surface area contributed by atoms with Crippen LogP contribution in [0.1, 0.15) is 5.76 Å². The van der Waals surface area contributed by atoms with Gasteiger partial charge in [-0.15, -0.1) is 0 Å². The third-order valence-electron chi connectivity index (χ3n) is 3.46. The van der Waals surface area contributed by atoms with E-state index in [1.165, 1.54) is 0 Å². The highest BCUT2D eigenvalue weighted by atomic mass is 16.5. The summed E-state index contributed by atoms with van der Waals surface area (Å²) >= 11 is 0. The molecule has 0 aliphatic carbocycles. The van der Waals surface area contributed by atoms with Crippen LogP contribution in [0, 0.1) is 11.3 Å². The third-order valence-corrected chi connectivity index (χ3v) is 3.46. The molecule has 1 aromatic carbocycles. The van der Waals surface area contributed by atoms with Crippen LogP contribution < -0.4 is 10.1 Å². The Morgan fingerprint density at radius 1 is 1.38 bits per heavy atom. The largest absolute Gasteiger partial charge is 0.478 e. The zero-order valence-corrected chi connectivity index (χ0v) is 11.5. The van der Waals surface area contributed by atoms with E-state index in [1.54, 1.807) is 11.0 Å². The number of piperazine rings is 1. The molecular formula is C15H15N3O3. The second-order valence-electron chi connectivity index (χ2n) is 4.79. The number of para-hydroxylation sites is 1. The van der Waals surface area contributed by atoms with Crippen LogP contribution in [-0.4, -0.2) is 43.6 Å². The normalized spacial score (nSPS) is 14.9. The van der Waals surface area contributed by atoms with Gasteiger partial charge in [0.15, 0.2) is 12.4 Å². The van der Waals surface area contributed by atoms with Gasteiger partial charge < -0.3 is 19.4 Å². The summed E-state index contributed by atoms with van der Waals surface area (Å²) in [4.78, 5) is 13.8. The van der Waals surface area contributed by atoms with Crippen LogP contribution in [-0.2, 0) is 4.79 Å². The quantitative estimate of drug-likeness (QED) is 0.914. The minimum Gasteiger partial charge on any atom is -0.478 e. The van der Waals surface area contributed by atoms with E-state index in [4.69, 9.17) is 14.4 Å². The number of rotatable bonds is 3. The molecule has 0 atom stereocenters. The van der Waals surface area contributed by atoms with E-state index in [9.17, 15) is 4.79 Å². The van der Waals surface area contributed by atoms with Gasteiger partial charge in [-0.1, -0.05) is 12.1 Å². The highest BCUT2D eigenvalue weighted by Gasteiger charge is 2.20. The summed E-state index contributed by atoms with van der Waals surface area (Å²) in [5, 5.41) is 13.0. The Morgan fingerprint density at radius 2 is 2.14 bits per heavy atom. The molecule has 0 spiro atoms. The van der Waals surface area contributed by atoms with Crippen molar-refractivity contribution in [2.45, 2.75) is 0 Å². The molecule has 0 saturated carbocycles. The number of hydrogen-bond acceptors (Lipinski definition) is 5. The molecule has 2 aromatic rings. The Morgan fingerprint density at radius 3 is 2.90 bits per heavy atom. The lowest BCUT2D eigenvalue weighted by molar-refractivity contribution is -0.133. The van der Waals surface area contributed by atoms with Crippen molar-refractivity contribution in [1.82, 2.24) is 10.2 Å². The summed E-state index contributed by atoms with van der Waals surface area (Å²) in [5.41, 5.74) is 0.582. The van der Waals surface area contributed by atoms with E-state index in [-0.39, 0.29) is 18.3 Å². The Kier molecular flexibility index (Phi) is 3.75. The standard InChI is InChI=1S/C15H15N3O3/c16-9-13-15(11-3-1-2-4-12(11)21-13)20-10-14(19)18-7-5-17-6-8-18/h1-4,17H,5-8,10H2. The minimum absolute atomic E-state index is 0.0781. The first-order valence-corrected chi connectivity index (χ1v) is 6.82. The van der Waals surface area contributed by atoms with Gasteiger partial charge in [-0.25, -0.2) is 0 Å². The van der Waals surface area contributed by atoms with Crippen molar-refractivity contribution in [2.24, 2.45) is 0 Å². The van der Waals surface area contributed by atoms with E-state index in [1.807, 2.05) is 24.3 Å². The number of nitrogens with one attached hydrogen (secondary N) is 1. The second-order valence-corrected chi connectivity index (χ2v) is 4.79. The molecule has 108 valence electrons. The molecular weight excluding hydrogens is 270 g/mol. The van der Waals surface area contributed by atoms with E-state index < -0.39 is 0 Å². The number of nitrogens with zero attached hydrogens (tertiary/aromatic N) is 2. The van der Waals surface area contributed by atoms with Gasteiger partial charge >= 0.3 is 0 Å². The van der Waals surface area contributed by atoms with Crippen LogP contribution in [0.4, 0.5) is 0 Å². The maximum Gasteiger partial charge on any atom is 0.260 e. The molecule has 1 fully saturated rings. The number of furan rings is 1. The first-order valence-electron chi connectivity index (χ1n) is 6.82. The Labute approximate surface area is 121 Å². The maximum atomic E-state index is 12.1. The van der Waals surface area contributed by atoms with Crippen LogP contribution in [0.25, 0.3) is 11.0 Å². The topological polar surface area (TPSA) is 78.5 Å².